The molecule has 364 valence electrons. The SMILES string of the molecule is CCC1OC(OCCOCCOCC(=O)N2CC(CO)(CO)C2)C(NC(C)=O)C(OC(C)=O)C1C.CCC1OC(OCCOCCOCC(=O)O)C(NC(C)=O)C(OC(C)=O)C1C. The summed E-state index contributed by atoms with van der Waals surface area (Å²) in [6.07, 6.45) is -1.75. The smallest absolute Gasteiger partial charge is 0.329 e. The van der Waals surface area contributed by atoms with Crippen LogP contribution in [0.4, 0.5) is 0 Å². The maximum Gasteiger partial charge on any atom is 0.329 e. The Morgan fingerprint density at radius 2 is 1.00 bits per heavy atom. The minimum absolute atomic E-state index is 0.102. The van der Waals surface area contributed by atoms with Crippen LogP contribution in [0, 0.1) is 17.3 Å². The Balaban J connectivity index is 0.000000445. The molecule has 0 saturated carbocycles. The average Bonchev–Trinajstić information content (AvgIpc) is 3.20. The molecule has 0 spiro atoms. The number of carboxylic acid groups (broad SMARTS) is 1. The van der Waals surface area contributed by atoms with Gasteiger partial charge in [-0.3, -0.25) is 24.0 Å². The third kappa shape index (κ3) is 19.2. The summed E-state index contributed by atoms with van der Waals surface area (Å²) in [6, 6.07) is -1.29. The number of amides is 3. The fourth-order valence-electron chi connectivity index (χ4n) is 7.37. The summed E-state index contributed by atoms with van der Waals surface area (Å²) < 4.78 is 55.5. The van der Waals surface area contributed by atoms with Gasteiger partial charge in [0.1, 0.15) is 37.5 Å². The monoisotopic (exact) mass is 909 g/mol. The van der Waals surface area contributed by atoms with E-state index in [2.05, 4.69) is 10.6 Å². The number of hydrogen-bond acceptors (Lipinski definition) is 18. The quantitative estimate of drug-likeness (QED) is 0.0534. The predicted molar refractivity (Wildman–Crippen MR) is 219 cm³/mol. The first kappa shape index (κ1) is 55.6. The van der Waals surface area contributed by atoms with Gasteiger partial charge in [0, 0.05) is 52.6 Å². The van der Waals surface area contributed by atoms with Gasteiger partial charge >= 0.3 is 17.9 Å². The Morgan fingerprint density at radius 3 is 1.35 bits per heavy atom. The molecular weight excluding hydrogens is 838 g/mol. The summed E-state index contributed by atoms with van der Waals surface area (Å²) in [6.45, 7) is 14.6. The topological polar surface area (TPSA) is 283 Å². The highest BCUT2D eigenvalue weighted by atomic mass is 16.7. The average molecular weight is 910 g/mol. The van der Waals surface area contributed by atoms with Gasteiger partial charge in [0.15, 0.2) is 12.6 Å². The van der Waals surface area contributed by atoms with E-state index in [1.54, 1.807) is 0 Å². The standard InChI is InChI=1S/C23H40N2O10.C18H31NO9/c1-5-18-15(2)21(34-17(4)29)20(24-16(3)28)22(35-18)33-9-8-31-6-7-32-10-19(30)25-11-23(12-25,13-26)14-27;1-5-14-11(2)17(27-13(4)21)16(19-12(3)20)18(28-14)26-9-8-24-6-7-25-10-15(22)23/h15,18,20-22,26-27H,5-14H2,1-4H3,(H,24,28);11,14,16-18H,5-10H2,1-4H3,(H,19,20)(H,22,23). The van der Waals surface area contributed by atoms with E-state index in [4.69, 9.17) is 52.5 Å². The first-order chi connectivity index (χ1) is 29.9. The van der Waals surface area contributed by atoms with E-state index >= 15 is 0 Å². The molecule has 10 atom stereocenters. The van der Waals surface area contributed by atoms with Crippen LogP contribution in [0.1, 0.15) is 68.2 Å². The number of hydrogen-bond donors (Lipinski definition) is 5. The molecule has 0 bridgehead atoms. The molecule has 0 radical (unpaired) electrons. The molecule has 3 rings (SSSR count). The number of carboxylic acids is 1. The second-order valence-corrected chi connectivity index (χ2v) is 15.8. The fraction of sp³-hybridized carbons (Fsp3) is 0.854. The van der Waals surface area contributed by atoms with Gasteiger partial charge in [0.25, 0.3) is 0 Å². The van der Waals surface area contributed by atoms with Crippen LogP contribution in [0.5, 0.6) is 0 Å². The van der Waals surface area contributed by atoms with Crippen LogP contribution in [-0.4, -0.2) is 197 Å². The van der Waals surface area contributed by atoms with E-state index in [0.717, 1.165) is 0 Å². The Morgan fingerprint density at radius 1 is 0.619 bits per heavy atom. The molecule has 22 nitrogen and oxygen atoms in total. The Hall–Kier alpha value is -3.58. The minimum Gasteiger partial charge on any atom is -0.480 e. The summed E-state index contributed by atoms with van der Waals surface area (Å²) in [5.74, 6) is -2.93. The number of likely N-dealkylation sites (tertiary alicyclic amines) is 1. The van der Waals surface area contributed by atoms with Crippen molar-refractivity contribution in [2.75, 3.05) is 92.4 Å². The lowest BCUT2D eigenvalue weighted by Gasteiger charge is -2.48. The van der Waals surface area contributed by atoms with Crippen LogP contribution in [0.2, 0.25) is 0 Å². The third-order valence-corrected chi connectivity index (χ3v) is 10.6. The summed E-state index contributed by atoms with van der Waals surface area (Å²) in [4.78, 5) is 70.4. The molecule has 0 aromatic heterocycles. The van der Waals surface area contributed by atoms with Crippen molar-refractivity contribution in [2.45, 2.75) is 117 Å². The van der Waals surface area contributed by atoms with E-state index < -0.39 is 60.2 Å². The molecule has 3 amide bonds. The molecule has 3 aliphatic heterocycles. The molecule has 3 heterocycles. The molecule has 0 aromatic carbocycles. The van der Waals surface area contributed by atoms with Crippen molar-refractivity contribution in [2.24, 2.45) is 17.3 Å². The highest BCUT2D eigenvalue weighted by Crippen LogP contribution is 2.32. The van der Waals surface area contributed by atoms with E-state index in [0.29, 0.717) is 25.9 Å². The molecule has 0 aliphatic carbocycles. The Kier molecular flexibility index (Phi) is 25.6. The molecule has 22 heteroatoms. The van der Waals surface area contributed by atoms with Crippen molar-refractivity contribution in [3.05, 3.63) is 0 Å². The van der Waals surface area contributed by atoms with Gasteiger partial charge in [-0.15, -0.1) is 0 Å². The fourth-order valence-corrected chi connectivity index (χ4v) is 7.37. The number of aliphatic carboxylic acids is 1. The molecule has 3 fully saturated rings. The van der Waals surface area contributed by atoms with Gasteiger partial charge in [-0.1, -0.05) is 27.7 Å². The largest absolute Gasteiger partial charge is 0.480 e. The van der Waals surface area contributed by atoms with Gasteiger partial charge < -0.3 is 78.2 Å². The van der Waals surface area contributed by atoms with Crippen LogP contribution in [0.25, 0.3) is 0 Å². The second kappa shape index (κ2) is 29.1. The van der Waals surface area contributed by atoms with E-state index in [9.17, 15) is 39.0 Å². The van der Waals surface area contributed by atoms with Crippen LogP contribution in [0.15, 0.2) is 0 Å². The van der Waals surface area contributed by atoms with Crippen LogP contribution >= 0.6 is 0 Å². The van der Waals surface area contributed by atoms with Gasteiger partial charge in [-0.2, -0.15) is 0 Å². The molecule has 3 aliphatic rings. The number of carbonyl (C=O) groups excluding carboxylic acids is 5. The number of ether oxygens (including phenoxy) is 10. The molecule has 0 aromatic rings. The number of rotatable bonds is 26. The first-order valence-electron chi connectivity index (χ1n) is 21.4. The van der Waals surface area contributed by atoms with Gasteiger partial charge in [0.05, 0.1) is 83.7 Å². The maximum absolute atomic E-state index is 12.0. The van der Waals surface area contributed by atoms with Crippen molar-refractivity contribution in [1.82, 2.24) is 15.5 Å². The maximum atomic E-state index is 12.0. The van der Waals surface area contributed by atoms with Crippen LogP contribution in [0.3, 0.4) is 0 Å². The number of aliphatic hydroxyl groups is 2. The summed E-state index contributed by atoms with van der Waals surface area (Å²) in [7, 11) is 0. The highest BCUT2D eigenvalue weighted by Gasteiger charge is 2.48. The number of nitrogens with one attached hydrogen (secondary N) is 2. The zero-order valence-electron chi connectivity index (χ0n) is 37.9. The van der Waals surface area contributed by atoms with Crippen LogP contribution < -0.4 is 10.6 Å². The normalized spacial score (nSPS) is 27.5. The lowest BCUT2D eigenvalue weighted by Crippen LogP contribution is -2.62. The Labute approximate surface area is 369 Å². The summed E-state index contributed by atoms with van der Waals surface area (Å²) in [5, 5.41) is 32.5. The van der Waals surface area contributed by atoms with Gasteiger partial charge in [0.2, 0.25) is 17.7 Å². The second-order valence-electron chi connectivity index (χ2n) is 15.8. The Bertz CT molecular complexity index is 1410. The zero-order valence-corrected chi connectivity index (χ0v) is 37.9. The minimum atomic E-state index is -1.04. The predicted octanol–water partition coefficient (Wildman–Crippen LogP) is -0.615. The lowest BCUT2D eigenvalue weighted by atomic mass is 9.81. The van der Waals surface area contributed by atoms with Gasteiger partial charge in [-0.25, -0.2) is 4.79 Å². The molecule has 3 saturated heterocycles. The number of esters is 2. The van der Waals surface area contributed by atoms with E-state index in [1.165, 1.54) is 32.6 Å². The van der Waals surface area contributed by atoms with Crippen molar-refractivity contribution < 1.29 is 91.5 Å². The number of carbonyl (C=O) groups is 6. The number of aliphatic hydroxyl groups excluding tert-OH is 2. The van der Waals surface area contributed by atoms with Crippen molar-refractivity contribution >= 4 is 35.6 Å². The molecule has 63 heavy (non-hydrogen) atoms. The summed E-state index contributed by atoms with van der Waals surface area (Å²) in [5.41, 5.74) is -0.604. The zero-order chi connectivity index (χ0) is 47.1. The van der Waals surface area contributed by atoms with E-state index in [1.807, 2.05) is 27.7 Å². The van der Waals surface area contributed by atoms with Crippen molar-refractivity contribution in [3.8, 4) is 0 Å². The molecular formula is C41H71N3O19. The first-order valence-corrected chi connectivity index (χ1v) is 21.4. The van der Waals surface area contributed by atoms with Crippen molar-refractivity contribution in [3.63, 3.8) is 0 Å². The van der Waals surface area contributed by atoms with Crippen LogP contribution in [-0.2, 0) is 76.1 Å². The van der Waals surface area contributed by atoms with Crippen molar-refractivity contribution in [1.29, 1.82) is 0 Å². The van der Waals surface area contributed by atoms with Gasteiger partial charge in [-0.05, 0) is 12.8 Å². The third-order valence-electron chi connectivity index (χ3n) is 10.6. The summed E-state index contributed by atoms with van der Waals surface area (Å²) >= 11 is 0. The molecule has 5 N–H and O–H groups in total. The number of nitrogens with zero attached hydrogens (tertiary/aromatic N) is 1. The lowest BCUT2D eigenvalue weighted by molar-refractivity contribution is -0.256. The van der Waals surface area contributed by atoms with E-state index in [-0.39, 0.29) is 121 Å². The molecule has 10 unspecified atom stereocenters. The highest BCUT2D eigenvalue weighted by molar-refractivity contribution is 5.78.